The molecule has 0 aliphatic carbocycles. The first kappa shape index (κ1) is 12.0. The van der Waals surface area contributed by atoms with Crippen LogP contribution in [0.15, 0.2) is 0 Å². The molecule has 0 aromatic heterocycles. The molecule has 0 radical (unpaired) electrons. The molecule has 2 N–H and O–H groups in total. The molecule has 84 valence electrons. The molecule has 0 aromatic rings. The highest BCUT2D eigenvalue weighted by molar-refractivity contribution is 4.62. The average molecular weight is 200 g/mol. The second-order valence-electron chi connectivity index (χ2n) is 4.08. The normalized spacial score (nSPS) is 22.9. The molecule has 0 amide bonds. The van der Waals surface area contributed by atoms with Crippen molar-refractivity contribution in [2.24, 2.45) is 0 Å². The number of aliphatic hydroxyl groups is 1. The van der Waals surface area contributed by atoms with E-state index in [-0.39, 0.29) is 0 Å². The predicted octanol–water partition coefficient (Wildman–Crippen LogP) is 0.834. The highest BCUT2D eigenvalue weighted by atomic mass is 16.3. The summed E-state index contributed by atoms with van der Waals surface area (Å²) in [5, 5.41) is 11.8. The molecule has 2 heterocycles. The van der Waals surface area contributed by atoms with Crippen molar-refractivity contribution in [3.63, 3.8) is 0 Å². The van der Waals surface area contributed by atoms with Crippen LogP contribution in [-0.2, 0) is 0 Å². The largest absolute Gasteiger partial charge is 0.395 e. The van der Waals surface area contributed by atoms with Gasteiger partial charge in [-0.2, -0.15) is 0 Å². The molecule has 0 unspecified atom stereocenters. The van der Waals surface area contributed by atoms with Crippen molar-refractivity contribution in [2.75, 3.05) is 39.3 Å². The Kier molecular flexibility index (Phi) is 7.01. The first-order valence-electron chi connectivity index (χ1n) is 5.97. The van der Waals surface area contributed by atoms with Gasteiger partial charge in [0.1, 0.15) is 0 Å². The van der Waals surface area contributed by atoms with Crippen molar-refractivity contribution in [1.29, 1.82) is 0 Å². The van der Waals surface area contributed by atoms with Crippen molar-refractivity contribution in [3.05, 3.63) is 0 Å². The van der Waals surface area contributed by atoms with Crippen LogP contribution in [-0.4, -0.2) is 49.3 Å². The topological polar surface area (TPSA) is 35.5 Å². The number of piperidine rings is 1. The van der Waals surface area contributed by atoms with E-state index in [0.29, 0.717) is 6.61 Å². The van der Waals surface area contributed by atoms with E-state index in [4.69, 9.17) is 5.11 Å². The molecule has 2 rings (SSSR count). The van der Waals surface area contributed by atoms with Gasteiger partial charge in [-0.1, -0.05) is 6.42 Å². The highest BCUT2D eigenvalue weighted by Crippen LogP contribution is 2.06. The minimum absolute atomic E-state index is 0.319. The van der Waals surface area contributed by atoms with Gasteiger partial charge in [0.25, 0.3) is 0 Å². The van der Waals surface area contributed by atoms with Crippen LogP contribution in [0.2, 0.25) is 0 Å². The fourth-order valence-electron chi connectivity index (χ4n) is 1.95. The second-order valence-corrected chi connectivity index (χ2v) is 4.08. The Hall–Kier alpha value is -0.120. The van der Waals surface area contributed by atoms with Crippen LogP contribution in [0.3, 0.4) is 0 Å². The van der Waals surface area contributed by atoms with Crippen molar-refractivity contribution in [2.45, 2.75) is 32.1 Å². The predicted molar refractivity (Wildman–Crippen MR) is 59.5 cm³/mol. The first-order valence-corrected chi connectivity index (χ1v) is 5.97. The lowest BCUT2D eigenvalue weighted by molar-refractivity contribution is 0.173. The van der Waals surface area contributed by atoms with E-state index in [1.54, 1.807) is 0 Å². The summed E-state index contributed by atoms with van der Waals surface area (Å²) in [6.07, 6.45) is 6.79. The fraction of sp³-hybridized carbons (Fsp3) is 1.00. The number of rotatable bonds is 2. The smallest absolute Gasteiger partial charge is 0.0558 e. The van der Waals surface area contributed by atoms with E-state index in [1.165, 1.54) is 58.3 Å². The highest BCUT2D eigenvalue weighted by Gasteiger charge is 2.07. The maximum absolute atomic E-state index is 8.58. The third-order valence-electron chi connectivity index (χ3n) is 2.82. The van der Waals surface area contributed by atoms with Gasteiger partial charge in [0.2, 0.25) is 0 Å². The van der Waals surface area contributed by atoms with E-state index in [2.05, 4.69) is 10.2 Å². The summed E-state index contributed by atoms with van der Waals surface area (Å²) >= 11 is 0. The maximum atomic E-state index is 8.58. The molecule has 0 bridgehead atoms. The molecule has 2 saturated heterocycles. The Morgan fingerprint density at radius 3 is 2.00 bits per heavy atom. The Labute approximate surface area is 87.5 Å². The van der Waals surface area contributed by atoms with Gasteiger partial charge in [-0.3, -0.25) is 0 Å². The summed E-state index contributed by atoms with van der Waals surface area (Å²) in [5.41, 5.74) is 0. The van der Waals surface area contributed by atoms with Gasteiger partial charge >= 0.3 is 0 Å². The fourth-order valence-corrected chi connectivity index (χ4v) is 1.95. The van der Waals surface area contributed by atoms with E-state index < -0.39 is 0 Å². The molecule has 3 nitrogen and oxygen atoms in total. The lowest BCUT2D eigenvalue weighted by atomic mass is 10.1. The zero-order chi connectivity index (χ0) is 10.1. The van der Waals surface area contributed by atoms with Crippen LogP contribution in [0, 0.1) is 0 Å². The van der Waals surface area contributed by atoms with Crippen LogP contribution in [0.1, 0.15) is 32.1 Å². The molecule has 2 aliphatic rings. The Morgan fingerprint density at radius 2 is 1.57 bits per heavy atom. The zero-order valence-corrected chi connectivity index (χ0v) is 9.17. The molecular weight excluding hydrogens is 176 g/mol. The molecule has 14 heavy (non-hydrogen) atoms. The number of likely N-dealkylation sites (tertiary alicyclic amines) is 1. The summed E-state index contributed by atoms with van der Waals surface area (Å²) < 4.78 is 0. The number of β-amino-alcohol motifs (C(OH)–C–C–N with tert-alkyl or cyclic N) is 1. The molecule has 0 spiro atoms. The maximum Gasteiger partial charge on any atom is 0.0558 e. The quantitative estimate of drug-likeness (QED) is 0.693. The summed E-state index contributed by atoms with van der Waals surface area (Å²) in [6.45, 7) is 6.08. The third kappa shape index (κ3) is 5.58. The van der Waals surface area contributed by atoms with Gasteiger partial charge in [0.05, 0.1) is 6.61 Å². The van der Waals surface area contributed by atoms with Gasteiger partial charge in [0.15, 0.2) is 0 Å². The van der Waals surface area contributed by atoms with Crippen molar-refractivity contribution in [1.82, 2.24) is 10.2 Å². The first-order chi connectivity index (χ1) is 6.93. The van der Waals surface area contributed by atoms with Crippen LogP contribution in [0.4, 0.5) is 0 Å². The molecule has 0 atom stereocenters. The summed E-state index contributed by atoms with van der Waals surface area (Å²) in [4.78, 5) is 2.32. The lowest BCUT2D eigenvalue weighted by Gasteiger charge is -2.25. The summed E-state index contributed by atoms with van der Waals surface area (Å²) in [5.74, 6) is 0. The van der Waals surface area contributed by atoms with Gasteiger partial charge in [-0.05, 0) is 51.9 Å². The average Bonchev–Trinajstić information content (AvgIpc) is 2.78. The molecule has 3 heteroatoms. The minimum Gasteiger partial charge on any atom is -0.395 e. The van der Waals surface area contributed by atoms with Crippen molar-refractivity contribution in [3.8, 4) is 0 Å². The third-order valence-corrected chi connectivity index (χ3v) is 2.82. The lowest BCUT2D eigenvalue weighted by Crippen LogP contribution is -2.31. The van der Waals surface area contributed by atoms with Crippen LogP contribution >= 0.6 is 0 Å². The van der Waals surface area contributed by atoms with Crippen LogP contribution in [0.5, 0.6) is 0 Å². The van der Waals surface area contributed by atoms with E-state index in [0.717, 1.165) is 6.54 Å². The molecule has 0 saturated carbocycles. The number of hydrogen-bond donors (Lipinski definition) is 2. The van der Waals surface area contributed by atoms with Gasteiger partial charge in [0, 0.05) is 6.54 Å². The number of hydrogen-bond acceptors (Lipinski definition) is 3. The zero-order valence-electron chi connectivity index (χ0n) is 9.17. The van der Waals surface area contributed by atoms with Crippen molar-refractivity contribution < 1.29 is 5.11 Å². The van der Waals surface area contributed by atoms with Gasteiger partial charge in [-0.15, -0.1) is 0 Å². The summed E-state index contributed by atoms with van der Waals surface area (Å²) in [7, 11) is 0. The van der Waals surface area contributed by atoms with E-state index in [1.807, 2.05) is 0 Å². The molecule has 2 fully saturated rings. The number of nitrogens with one attached hydrogen (secondary N) is 1. The van der Waals surface area contributed by atoms with Crippen molar-refractivity contribution >= 4 is 0 Å². The SMILES string of the molecule is C1CCNC1.OCCN1CCCCC1. The Bertz CT molecular complexity index is 110. The minimum atomic E-state index is 0.319. The Morgan fingerprint density at radius 1 is 0.929 bits per heavy atom. The van der Waals surface area contributed by atoms with Crippen LogP contribution in [0.25, 0.3) is 0 Å². The Balaban J connectivity index is 0.000000165. The van der Waals surface area contributed by atoms with Gasteiger partial charge < -0.3 is 15.3 Å². The second kappa shape index (κ2) is 8.21. The standard InChI is InChI=1S/C7H15NO.C4H9N/c9-7-6-8-4-2-1-3-5-8;1-2-4-5-3-1/h9H,1-7H2;5H,1-4H2. The van der Waals surface area contributed by atoms with Crippen LogP contribution < -0.4 is 5.32 Å². The molecule has 0 aromatic carbocycles. The number of nitrogens with zero attached hydrogens (tertiary/aromatic N) is 1. The summed E-state index contributed by atoms with van der Waals surface area (Å²) in [6, 6.07) is 0. The van der Waals surface area contributed by atoms with Gasteiger partial charge in [-0.25, -0.2) is 0 Å². The van der Waals surface area contributed by atoms with E-state index in [9.17, 15) is 0 Å². The molecular formula is C11H24N2O. The number of aliphatic hydroxyl groups excluding tert-OH is 1. The van der Waals surface area contributed by atoms with E-state index >= 15 is 0 Å². The monoisotopic (exact) mass is 200 g/mol. The molecule has 2 aliphatic heterocycles.